The van der Waals surface area contributed by atoms with E-state index in [2.05, 4.69) is 18.7 Å². The first kappa shape index (κ1) is 16.5. The molecule has 0 saturated carbocycles. The van der Waals surface area contributed by atoms with Crippen LogP contribution in [0.5, 0.6) is 11.5 Å². The Bertz CT molecular complexity index is 694. The first-order chi connectivity index (χ1) is 10.7. The van der Waals surface area contributed by atoms with Gasteiger partial charge in [0.2, 0.25) is 0 Å². The second kappa shape index (κ2) is 5.65. The zero-order chi connectivity index (χ0) is 16.8. The number of ether oxygens (including phenoxy) is 1. The van der Waals surface area contributed by atoms with Crippen molar-refractivity contribution in [3.63, 3.8) is 0 Å². The van der Waals surface area contributed by atoms with Crippen LogP contribution in [-0.4, -0.2) is 51.0 Å². The van der Waals surface area contributed by atoms with Gasteiger partial charge in [0.25, 0.3) is 0 Å². The Hall–Kier alpha value is -1.31. The Kier molecular flexibility index (Phi) is 4.06. The molecule has 2 aliphatic rings. The van der Waals surface area contributed by atoms with Crippen LogP contribution in [0.3, 0.4) is 0 Å². The minimum absolute atomic E-state index is 0.0132. The molecule has 6 nitrogen and oxygen atoms in total. The van der Waals surface area contributed by atoms with E-state index in [1.165, 1.54) is 26.9 Å². The number of benzene rings is 1. The molecule has 0 aromatic heterocycles. The smallest absolute Gasteiger partial charge is 0.384 e. The molecule has 2 aliphatic heterocycles. The minimum atomic E-state index is -3.75. The SMILES string of the molecule is CN(C)S(=O)(=O)Oc1ccc2c(c1)C(C)(C)C(N1CCCC1)O2. The zero-order valence-corrected chi connectivity index (χ0v) is 14.9. The molecule has 1 aromatic carbocycles. The monoisotopic (exact) mass is 340 g/mol. The van der Waals surface area contributed by atoms with Crippen molar-refractivity contribution in [3.05, 3.63) is 23.8 Å². The minimum Gasteiger partial charge on any atom is -0.474 e. The molecule has 128 valence electrons. The highest BCUT2D eigenvalue weighted by molar-refractivity contribution is 7.84. The van der Waals surface area contributed by atoms with Gasteiger partial charge in [0, 0.05) is 38.2 Å². The molecule has 1 atom stereocenters. The van der Waals surface area contributed by atoms with Gasteiger partial charge in [0.1, 0.15) is 11.5 Å². The van der Waals surface area contributed by atoms with Crippen LogP contribution in [0.15, 0.2) is 18.2 Å². The molecule has 0 aliphatic carbocycles. The van der Waals surface area contributed by atoms with E-state index < -0.39 is 10.3 Å². The van der Waals surface area contributed by atoms with Crippen molar-refractivity contribution in [1.29, 1.82) is 0 Å². The van der Waals surface area contributed by atoms with Crippen molar-refractivity contribution in [1.82, 2.24) is 9.21 Å². The van der Waals surface area contributed by atoms with Gasteiger partial charge in [0.15, 0.2) is 6.23 Å². The topological polar surface area (TPSA) is 59.1 Å². The molecule has 7 heteroatoms. The average molecular weight is 340 g/mol. The molecule has 23 heavy (non-hydrogen) atoms. The second-order valence-corrected chi connectivity index (χ2v) is 8.67. The summed E-state index contributed by atoms with van der Waals surface area (Å²) >= 11 is 0. The van der Waals surface area contributed by atoms with Gasteiger partial charge in [0.05, 0.1) is 0 Å². The van der Waals surface area contributed by atoms with Crippen molar-refractivity contribution in [2.24, 2.45) is 0 Å². The third-order valence-electron chi connectivity index (χ3n) is 4.62. The molecular weight excluding hydrogens is 316 g/mol. The van der Waals surface area contributed by atoms with E-state index in [0.717, 1.165) is 28.7 Å². The normalized spacial score (nSPS) is 23.8. The van der Waals surface area contributed by atoms with Gasteiger partial charge in [-0.05, 0) is 31.0 Å². The van der Waals surface area contributed by atoms with E-state index in [1.54, 1.807) is 18.2 Å². The van der Waals surface area contributed by atoms with Crippen molar-refractivity contribution in [2.45, 2.75) is 38.3 Å². The molecular formula is C16H24N2O4S. The number of rotatable bonds is 4. The van der Waals surface area contributed by atoms with E-state index in [9.17, 15) is 8.42 Å². The van der Waals surface area contributed by atoms with Gasteiger partial charge in [-0.1, -0.05) is 13.8 Å². The molecule has 0 N–H and O–H groups in total. The van der Waals surface area contributed by atoms with E-state index in [1.807, 2.05) is 0 Å². The van der Waals surface area contributed by atoms with Gasteiger partial charge in [-0.25, -0.2) is 0 Å². The molecule has 1 aromatic rings. The first-order valence-electron chi connectivity index (χ1n) is 7.89. The molecule has 1 saturated heterocycles. The van der Waals surface area contributed by atoms with Crippen molar-refractivity contribution in [3.8, 4) is 11.5 Å². The lowest BCUT2D eigenvalue weighted by atomic mass is 9.83. The number of hydrogen-bond acceptors (Lipinski definition) is 5. The summed E-state index contributed by atoms with van der Waals surface area (Å²) in [5.74, 6) is 1.12. The van der Waals surface area contributed by atoms with Crippen LogP contribution < -0.4 is 8.92 Å². The van der Waals surface area contributed by atoms with Gasteiger partial charge >= 0.3 is 10.3 Å². The Morgan fingerprint density at radius 1 is 1.26 bits per heavy atom. The predicted octanol–water partition coefficient (Wildman–Crippen LogP) is 1.96. The van der Waals surface area contributed by atoms with E-state index in [-0.39, 0.29) is 11.6 Å². The molecule has 1 fully saturated rings. The fourth-order valence-corrected chi connectivity index (χ4v) is 3.77. The molecule has 0 spiro atoms. The Morgan fingerprint density at radius 3 is 2.52 bits per heavy atom. The fraction of sp³-hybridized carbons (Fsp3) is 0.625. The quantitative estimate of drug-likeness (QED) is 0.839. The van der Waals surface area contributed by atoms with Gasteiger partial charge in [-0.3, -0.25) is 4.90 Å². The lowest BCUT2D eigenvalue weighted by Crippen LogP contribution is -2.46. The van der Waals surface area contributed by atoms with Crippen LogP contribution in [0.2, 0.25) is 0 Å². The highest BCUT2D eigenvalue weighted by atomic mass is 32.2. The number of likely N-dealkylation sites (tertiary alicyclic amines) is 1. The Balaban J connectivity index is 1.89. The third-order valence-corrected chi connectivity index (χ3v) is 5.92. The summed E-state index contributed by atoms with van der Waals surface area (Å²) < 4.78 is 36.2. The lowest BCUT2D eigenvalue weighted by molar-refractivity contribution is 0.0143. The lowest BCUT2D eigenvalue weighted by Gasteiger charge is -2.33. The summed E-state index contributed by atoms with van der Waals surface area (Å²) in [5, 5.41) is 0. The highest BCUT2D eigenvalue weighted by Gasteiger charge is 2.45. The molecule has 2 heterocycles. The Morgan fingerprint density at radius 2 is 1.91 bits per heavy atom. The van der Waals surface area contributed by atoms with Crippen molar-refractivity contribution < 1.29 is 17.3 Å². The molecule has 0 radical (unpaired) electrons. The van der Waals surface area contributed by atoms with Crippen LogP contribution in [0.4, 0.5) is 0 Å². The standard InChI is InChI=1S/C16H24N2O4S/c1-16(2)13-11-12(22-23(19,20)17(3)4)7-8-14(13)21-15(16)18-9-5-6-10-18/h7-8,11,15H,5-6,9-10H2,1-4H3. The van der Waals surface area contributed by atoms with Gasteiger partial charge in [-0.15, -0.1) is 0 Å². The first-order valence-corrected chi connectivity index (χ1v) is 9.25. The second-order valence-electron chi connectivity index (χ2n) is 6.92. The number of nitrogens with zero attached hydrogens (tertiary/aromatic N) is 2. The van der Waals surface area contributed by atoms with Crippen LogP contribution in [0.25, 0.3) is 0 Å². The Labute approximate surface area is 138 Å². The van der Waals surface area contributed by atoms with Crippen LogP contribution in [0.1, 0.15) is 32.3 Å². The third kappa shape index (κ3) is 2.93. The molecule has 1 unspecified atom stereocenters. The summed E-state index contributed by atoms with van der Waals surface area (Å²) in [5.41, 5.74) is 0.766. The summed E-state index contributed by atoms with van der Waals surface area (Å²) in [6.45, 7) is 6.35. The predicted molar refractivity (Wildman–Crippen MR) is 87.9 cm³/mol. The van der Waals surface area contributed by atoms with Gasteiger partial charge < -0.3 is 8.92 Å². The van der Waals surface area contributed by atoms with Crippen LogP contribution >= 0.6 is 0 Å². The maximum absolute atomic E-state index is 11.9. The number of hydrogen-bond donors (Lipinski definition) is 0. The van der Waals surface area contributed by atoms with Crippen molar-refractivity contribution in [2.75, 3.05) is 27.2 Å². The summed E-state index contributed by atoms with van der Waals surface area (Å²) in [6.07, 6.45) is 2.38. The largest absolute Gasteiger partial charge is 0.474 e. The van der Waals surface area contributed by atoms with Gasteiger partial charge in [-0.2, -0.15) is 12.7 Å². The maximum atomic E-state index is 11.9. The van der Waals surface area contributed by atoms with E-state index in [4.69, 9.17) is 8.92 Å². The van der Waals surface area contributed by atoms with E-state index >= 15 is 0 Å². The molecule has 0 amide bonds. The number of fused-ring (bicyclic) bond motifs is 1. The zero-order valence-electron chi connectivity index (χ0n) is 14.1. The molecule has 3 rings (SSSR count). The molecule has 0 bridgehead atoms. The summed E-state index contributed by atoms with van der Waals surface area (Å²) in [7, 11) is -0.866. The maximum Gasteiger partial charge on any atom is 0.384 e. The van der Waals surface area contributed by atoms with E-state index in [0.29, 0.717) is 5.75 Å². The summed E-state index contributed by atoms with van der Waals surface area (Å²) in [4.78, 5) is 2.36. The van der Waals surface area contributed by atoms with Crippen LogP contribution in [0, 0.1) is 0 Å². The van der Waals surface area contributed by atoms with Crippen LogP contribution in [-0.2, 0) is 15.7 Å². The summed E-state index contributed by atoms with van der Waals surface area (Å²) in [6, 6.07) is 5.22. The highest BCUT2D eigenvalue weighted by Crippen LogP contribution is 2.46. The van der Waals surface area contributed by atoms with Crippen molar-refractivity contribution >= 4 is 10.3 Å². The average Bonchev–Trinajstić information content (AvgIpc) is 3.05. The fourth-order valence-electron chi connectivity index (χ4n) is 3.27.